The van der Waals surface area contributed by atoms with Crippen LogP contribution in [0.3, 0.4) is 0 Å². The maximum atomic E-state index is 2.74. The molecule has 4 heterocycles. The van der Waals surface area contributed by atoms with Gasteiger partial charge in [0.15, 0.2) is 0 Å². The zero-order valence-corrected chi connectivity index (χ0v) is 66.0. The van der Waals surface area contributed by atoms with E-state index in [1.807, 2.05) is 0 Å². The maximum absolute atomic E-state index is 2.74. The van der Waals surface area contributed by atoms with Crippen molar-refractivity contribution in [2.24, 2.45) is 0 Å². The van der Waals surface area contributed by atoms with Gasteiger partial charge in [-0.1, -0.05) is 305 Å². The highest BCUT2D eigenvalue weighted by molar-refractivity contribution is 7.00. The second kappa shape index (κ2) is 27.2. The van der Waals surface area contributed by atoms with E-state index >= 15 is 0 Å². The fourth-order valence-electron chi connectivity index (χ4n) is 18.1. The van der Waals surface area contributed by atoms with Crippen LogP contribution in [-0.2, 0) is 16.2 Å². The van der Waals surface area contributed by atoms with E-state index in [2.05, 4.69) is 456 Å². The molecule has 16 aromatic carbocycles. The average Bonchev–Trinajstić information content (AvgIpc) is 0.731. The molecule has 0 radical (unpaired) electrons. The molecule has 5 nitrogen and oxygen atoms in total. The van der Waals surface area contributed by atoms with E-state index in [4.69, 9.17) is 0 Å². The first-order chi connectivity index (χ1) is 55.4. The number of hydrogen-bond acceptors (Lipinski definition) is 3. The van der Waals surface area contributed by atoms with Gasteiger partial charge < -0.3 is 23.8 Å². The lowest BCUT2D eigenvalue weighted by atomic mass is 9.33. The van der Waals surface area contributed by atoms with Crippen molar-refractivity contribution in [1.29, 1.82) is 0 Å². The molecule has 0 amide bonds. The second-order valence-corrected chi connectivity index (χ2v) is 34.2. The Balaban J connectivity index is 0.949. The van der Waals surface area contributed by atoms with E-state index in [9.17, 15) is 0 Å². The van der Waals surface area contributed by atoms with Gasteiger partial charge in [-0.15, -0.1) is 0 Å². The van der Waals surface area contributed by atoms with Gasteiger partial charge in [0, 0.05) is 89.5 Å². The summed E-state index contributed by atoms with van der Waals surface area (Å²) in [5, 5.41) is 4.79. The third-order valence-electron chi connectivity index (χ3n) is 23.8. The summed E-state index contributed by atoms with van der Waals surface area (Å²) < 4.78 is 5.03. The molecule has 0 fully saturated rings. The van der Waals surface area contributed by atoms with Gasteiger partial charge in [-0.2, -0.15) is 0 Å². The number of nitrogens with zero attached hydrogens (tertiary/aromatic N) is 5. The summed E-state index contributed by atoms with van der Waals surface area (Å²) in [6.07, 6.45) is 0. The Kier molecular flexibility index (Phi) is 16.7. The molecule has 0 atom stereocenters. The highest BCUT2D eigenvalue weighted by atomic mass is 15.2. The number of rotatable bonds is 12. The first-order valence-electron chi connectivity index (χ1n) is 40.2. The lowest BCUT2D eigenvalue weighted by Gasteiger charge is -2.45. The van der Waals surface area contributed by atoms with Crippen LogP contribution in [-0.4, -0.2) is 15.8 Å². The first kappa shape index (κ1) is 69.8. The van der Waals surface area contributed by atoms with E-state index in [0.717, 1.165) is 135 Å². The average molecular weight is 1470 g/mol. The Morgan fingerprint density at radius 3 is 1.04 bits per heavy atom. The Morgan fingerprint density at radius 2 is 0.596 bits per heavy atom. The smallest absolute Gasteiger partial charge is 0.252 e. The summed E-state index contributed by atoms with van der Waals surface area (Å²) in [6.45, 7) is 21.0. The van der Waals surface area contributed by atoms with Crippen LogP contribution in [0.2, 0.25) is 0 Å². The molecule has 0 bridgehead atoms. The predicted molar refractivity (Wildman–Crippen MR) is 487 cm³/mol. The molecule has 0 spiro atoms. The molecular formula is C108H88BN5. The van der Waals surface area contributed by atoms with Crippen molar-refractivity contribution in [3.63, 3.8) is 0 Å². The van der Waals surface area contributed by atoms with Crippen LogP contribution < -0.4 is 31.1 Å². The standard InChI is InChI=1S/C108H88BN5/c1-106(2,3)79-59-77(60-80(65-79)107(4,5)6)78-63-102-104-103(64-78)114(105-91(73-38-20-12-21-39-73)66-81(108(7,8)9)67-92(105)74-40-22-13-23-41-74)101-70-86(112-98-51-33-30-48-90(98)93-68-84(54-57-99(93)112)110(82-42-24-14-25-43-82)83-44-26-15-27-45-83)53-56-95(101)109(104)94-55-52-85(111-96-49-31-28-46-88(96)89-47-29-32-50-97(89)111)69-100(94)113(102)87-61-75(71-34-16-10-17-35-71)58-76(62-87)72-36-18-11-19-37-72/h10-70H,1-9H3. The highest BCUT2D eigenvalue weighted by Crippen LogP contribution is 2.55. The molecule has 0 aliphatic carbocycles. The number of fused-ring (bicyclic) bond motifs is 10. The minimum absolute atomic E-state index is 0.174. The van der Waals surface area contributed by atoms with E-state index in [1.54, 1.807) is 0 Å². The molecular weight excluding hydrogens is 1380 g/mol. The number of hydrogen-bond donors (Lipinski definition) is 0. The van der Waals surface area contributed by atoms with Crippen molar-refractivity contribution in [1.82, 2.24) is 9.13 Å². The van der Waals surface area contributed by atoms with Gasteiger partial charge in [-0.05, 0) is 221 Å². The lowest BCUT2D eigenvalue weighted by molar-refractivity contribution is 0.569. The van der Waals surface area contributed by atoms with Crippen molar-refractivity contribution in [2.75, 3.05) is 14.7 Å². The molecule has 18 aromatic rings. The zero-order valence-electron chi connectivity index (χ0n) is 66.0. The minimum atomic E-state index is -0.281. The van der Waals surface area contributed by atoms with E-state index in [1.165, 1.54) is 60.2 Å². The van der Waals surface area contributed by atoms with E-state index in [-0.39, 0.29) is 23.0 Å². The van der Waals surface area contributed by atoms with Crippen LogP contribution in [0, 0.1) is 0 Å². The summed E-state index contributed by atoms with van der Waals surface area (Å²) in [4.78, 5) is 7.78. The Morgan fingerprint density at radius 1 is 0.237 bits per heavy atom. The quantitative estimate of drug-likeness (QED) is 0.114. The van der Waals surface area contributed by atoms with Gasteiger partial charge in [0.05, 0.1) is 27.8 Å². The van der Waals surface area contributed by atoms with Crippen molar-refractivity contribution < 1.29 is 0 Å². The second-order valence-electron chi connectivity index (χ2n) is 34.2. The maximum Gasteiger partial charge on any atom is 0.252 e. The summed E-state index contributed by atoms with van der Waals surface area (Å²) in [5.74, 6) is 0. The van der Waals surface area contributed by atoms with Crippen LogP contribution in [0.15, 0.2) is 370 Å². The number of aromatic nitrogens is 2. The summed E-state index contributed by atoms with van der Waals surface area (Å²) >= 11 is 0. The molecule has 20 rings (SSSR count). The lowest BCUT2D eigenvalue weighted by Crippen LogP contribution is -2.61. The Hall–Kier alpha value is -13.4. The van der Waals surface area contributed by atoms with Gasteiger partial charge in [0.25, 0.3) is 6.71 Å². The molecule has 2 aromatic heterocycles. The summed E-state index contributed by atoms with van der Waals surface area (Å²) in [7, 11) is 0. The zero-order chi connectivity index (χ0) is 77.3. The molecule has 548 valence electrons. The number of para-hydroxylation sites is 5. The predicted octanol–water partition coefficient (Wildman–Crippen LogP) is 27.7. The van der Waals surface area contributed by atoms with E-state index in [0.29, 0.717) is 0 Å². The molecule has 0 unspecified atom stereocenters. The van der Waals surface area contributed by atoms with Gasteiger partial charge in [0.2, 0.25) is 0 Å². The molecule has 0 saturated carbocycles. The molecule has 2 aliphatic rings. The number of benzene rings is 16. The normalized spacial score (nSPS) is 12.7. The van der Waals surface area contributed by atoms with Crippen molar-refractivity contribution in [2.45, 2.75) is 78.6 Å². The molecule has 6 heteroatoms. The molecule has 114 heavy (non-hydrogen) atoms. The first-order valence-corrected chi connectivity index (χ1v) is 40.2. The SMILES string of the molecule is CC(C)(C)c1cc(-c2cc3c4c(c2)N(c2c(-c5ccccc5)cc(C(C)(C)C)cc2-c2ccccc2)c2cc(-n5c6ccccc6c6cc(N(c7ccccc7)c7ccccc7)ccc65)ccc2B4c2ccc(-n4c5ccccc5c5ccccc54)cc2N3c2cc(-c3ccccc3)cc(-c3ccccc3)c2)cc(C(C)(C)C)c1. The van der Waals surface area contributed by atoms with Gasteiger partial charge in [-0.25, -0.2) is 0 Å². The summed E-state index contributed by atoms with van der Waals surface area (Å²) in [5.41, 5.74) is 35.0. The Labute approximate surface area is 669 Å². The highest BCUT2D eigenvalue weighted by Gasteiger charge is 2.46. The van der Waals surface area contributed by atoms with Crippen molar-refractivity contribution in [3.8, 4) is 67.0 Å². The summed E-state index contributed by atoms with van der Waals surface area (Å²) in [6, 6.07) is 140. The molecule has 2 aliphatic heterocycles. The van der Waals surface area contributed by atoms with Crippen LogP contribution in [0.1, 0.15) is 79.0 Å². The van der Waals surface area contributed by atoms with Crippen LogP contribution in [0.5, 0.6) is 0 Å². The molecule has 0 N–H and O–H groups in total. The van der Waals surface area contributed by atoms with Gasteiger partial charge in [-0.3, -0.25) is 0 Å². The largest absolute Gasteiger partial charge is 0.311 e. The number of anilines is 9. The third kappa shape index (κ3) is 11.9. The Bertz CT molecular complexity index is 6540. The molecule has 0 saturated heterocycles. The van der Waals surface area contributed by atoms with Gasteiger partial charge in [0.1, 0.15) is 0 Å². The topological polar surface area (TPSA) is 19.6 Å². The fourth-order valence-corrected chi connectivity index (χ4v) is 18.1. The van der Waals surface area contributed by atoms with E-state index < -0.39 is 0 Å². The van der Waals surface area contributed by atoms with Crippen LogP contribution in [0.25, 0.3) is 111 Å². The van der Waals surface area contributed by atoms with Crippen LogP contribution >= 0.6 is 0 Å². The van der Waals surface area contributed by atoms with Gasteiger partial charge >= 0.3 is 0 Å². The van der Waals surface area contributed by atoms with Crippen molar-refractivity contribution >= 4 is 118 Å². The monoisotopic (exact) mass is 1470 g/mol. The van der Waals surface area contributed by atoms with Crippen LogP contribution in [0.4, 0.5) is 51.2 Å². The third-order valence-corrected chi connectivity index (χ3v) is 23.8. The fraction of sp³-hybridized carbons (Fsp3) is 0.111. The minimum Gasteiger partial charge on any atom is -0.311 e. The van der Waals surface area contributed by atoms with Crippen molar-refractivity contribution in [3.05, 3.63) is 387 Å².